The van der Waals surface area contributed by atoms with Crippen molar-refractivity contribution in [3.05, 3.63) is 41.2 Å². The van der Waals surface area contributed by atoms with Crippen LogP contribution in [0.25, 0.3) is 5.65 Å². The Balaban J connectivity index is 2.62. The average molecular weight is 190 g/mol. The monoisotopic (exact) mass is 190 g/mol. The maximum absolute atomic E-state index is 11.7. The zero-order valence-electron chi connectivity index (χ0n) is 7.84. The third-order valence-corrected chi connectivity index (χ3v) is 1.87. The number of rotatable bonds is 2. The second kappa shape index (κ2) is 3.10. The summed E-state index contributed by atoms with van der Waals surface area (Å²) in [4.78, 5) is 11.7. The van der Waals surface area contributed by atoms with Crippen LogP contribution in [0.2, 0.25) is 0 Å². The lowest BCUT2D eigenvalue weighted by molar-refractivity contribution is 0.740. The van der Waals surface area contributed by atoms with Gasteiger partial charge >= 0.3 is 0 Å². The molecule has 2 aromatic rings. The Kier molecular flexibility index (Phi) is 1.92. The first-order valence-electron chi connectivity index (χ1n) is 4.21. The molecule has 14 heavy (non-hydrogen) atoms. The van der Waals surface area contributed by atoms with E-state index in [2.05, 4.69) is 16.8 Å². The molecule has 0 fully saturated rings. The minimum atomic E-state index is -0.145. The molecule has 5 nitrogen and oxygen atoms in total. The van der Waals surface area contributed by atoms with Crippen molar-refractivity contribution in [1.29, 1.82) is 0 Å². The van der Waals surface area contributed by atoms with E-state index < -0.39 is 0 Å². The maximum Gasteiger partial charge on any atom is 0.296 e. The van der Waals surface area contributed by atoms with Crippen LogP contribution in [0.3, 0.4) is 0 Å². The number of hydrogen-bond acceptors (Lipinski definition) is 3. The van der Waals surface area contributed by atoms with Crippen molar-refractivity contribution >= 4 is 5.65 Å². The van der Waals surface area contributed by atoms with E-state index in [0.29, 0.717) is 12.2 Å². The third-order valence-electron chi connectivity index (χ3n) is 1.87. The molecule has 72 valence electrons. The summed E-state index contributed by atoms with van der Waals surface area (Å²) in [5.41, 5.74) is 1.12. The van der Waals surface area contributed by atoms with Crippen LogP contribution in [0.15, 0.2) is 35.7 Å². The quantitative estimate of drug-likeness (QED) is 0.647. The highest BCUT2D eigenvalue weighted by Crippen LogP contribution is 1.95. The standard InChI is InChI=1S/C9H10N4O/c1-7(2)5-12-3-4-13-6-10-11-8(13)9(12)14/h3-4,6H,1,5H2,2H3. The van der Waals surface area contributed by atoms with Gasteiger partial charge in [0.25, 0.3) is 5.56 Å². The molecule has 0 atom stereocenters. The molecule has 0 saturated carbocycles. The van der Waals surface area contributed by atoms with Crippen LogP contribution >= 0.6 is 0 Å². The fraction of sp³-hybridized carbons (Fsp3) is 0.222. The van der Waals surface area contributed by atoms with Gasteiger partial charge in [-0.05, 0) is 6.92 Å². The summed E-state index contributed by atoms with van der Waals surface area (Å²) in [5, 5.41) is 7.40. The molecular weight excluding hydrogens is 180 g/mol. The highest BCUT2D eigenvalue weighted by Gasteiger charge is 2.03. The number of fused-ring (bicyclic) bond motifs is 1. The molecule has 0 aromatic carbocycles. The minimum Gasteiger partial charge on any atom is -0.307 e. The Bertz CT molecular complexity index is 537. The molecule has 0 radical (unpaired) electrons. The molecule has 0 bridgehead atoms. The van der Waals surface area contributed by atoms with E-state index in [-0.39, 0.29) is 5.56 Å². The molecule has 0 aliphatic heterocycles. The number of aromatic nitrogens is 4. The van der Waals surface area contributed by atoms with E-state index in [1.165, 1.54) is 6.33 Å². The van der Waals surface area contributed by atoms with E-state index in [1.807, 2.05) is 6.92 Å². The second-order valence-corrected chi connectivity index (χ2v) is 3.25. The van der Waals surface area contributed by atoms with Gasteiger partial charge in [0.15, 0.2) is 0 Å². The molecule has 0 unspecified atom stereocenters. The Hall–Kier alpha value is -1.91. The van der Waals surface area contributed by atoms with Gasteiger partial charge in [0.2, 0.25) is 5.65 Å². The molecule has 0 N–H and O–H groups in total. The predicted molar refractivity (Wildman–Crippen MR) is 52.1 cm³/mol. The lowest BCUT2D eigenvalue weighted by atomic mass is 10.3. The van der Waals surface area contributed by atoms with Crippen molar-refractivity contribution < 1.29 is 0 Å². The molecule has 2 heterocycles. The first-order chi connectivity index (χ1) is 6.68. The molecule has 0 amide bonds. The zero-order valence-corrected chi connectivity index (χ0v) is 7.84. The van der Waals surface area contributed by atoms with Crippen molar-refractivity contribution in [1.82, 2.24) is 19.2 Å². The van der Waals surface area contributed by atoms with E-state index in [1.54, 1.807) is 21.4 Å². The number of allylic oxidation sites excluding steroid dienone is 1. The summed E-state index contributed by atoms with van der Waals surface area (Å²) < 4.78 is 3.16. The normalized spacial score (nSPS) is 10.6. The summed E-state index contributed by atoms with van der Waals surface area (Å²) in [6.45, 7) is 6.15. The van der Waals surface area contributed by atoms with Gasteiger partial charge in [-0.3, -0.25) is 9.20 Å². The van der Waals surface area contributed by atoms with Gasteiger partial charge in [0, 0.05) is 18.9 Å². The van der Waals surface area contributed by atoms with Crippen molar-refractivity contribution in [2.75, 3.05) is 0 Å². The van der Waals surface area contributed by atoms with E-state index in [4.69, 9.17) is 0 Å². The number of hydrogen-bond donors (Lipinski definition) is 0. The van der Waals surface area contributed by atoms with Crippen molar-refractivity contribution in [2.45, 2.75) is 13.5 Å². The second-order valence-electron chi connectivity index (χ2n) is 3.25. The molecule has 0 saturated heterocycles. The van der Waals surface area contributed by atoms with Crippen molar-refractivity contribution in [3.63, 3.8) is 0 Å². The molecular formula is C9H10N4O. The van der Waals surface area contributed by atoms with Gasteiger partial charge in [-0.2, -0.15) is 0 Å². The Morgan fingerprint density at radius 2 is 2.36 bits per heavy atom. The van der Waals surface area contributed by atoms with Crippen LogP contribution < -0.4 is 5.56 Å². The molecule has 5 heteroatoms. The number of nitrogens with zero attached hydrogens (tertiary/aromatic N) is 4. The van der Waals surface area contributed by atoms with Gasteiger partial charge in [-0.25, -0.2) is 0 Å². The fourth-order valence-electron chi connectivity index (χ4n) is 1.27. The zero-order chi connectivity index (χ0) is 10.1. The largest absolute Gasteiger partial charge is 0.307 e. The van der Waals surface area contributed by atoms with E-state index >= 15 is 0 Å². The SMILES string of the molecule is C=C(C)Cn1ccn2cnnc2c1=O. The smallest absolute Gasteiger partial charge is 0.296 e. The fourth-order valence-corrected chi connectivity index (χ4v) is 1.27. The van der Waals surface area contributed by atoms with Crippen molar-refractivity contribution in [3.8, 4) is 0 Å². The first kappa shape index (κ1) is 8.68. The van der Waals surface area contributed by atoms with Crippen LogP contribution in [-0.4, -0.2) is 19.2 Å². The van der Waals surface area contributed by atoms with Crippen LogP contribution in [0.1, 0.15) is 6.92 Å². The lowest BCUT2D eigenvalue weighted by Gasteiger charge is -2.03. The summed E-state index contributed by atoms with van der Waals surface area (Å²) in [6, 6.07) is 0. The predicted octanol–water partition coefficient (Wildman–Crippen LogP) is 0.467. The Morgan fingerprint density at radius 3 is 3.07 bits per heavy atom. The van der Waals surface area contributed by atoms with E-state index in [9.17, 15) is 4.79 Å². The highest BCUT2D eigenvalue weighted by molar-refractivity contribution is 5.32. The van der Waals surface area contributed by atoms with Gasteiger partial charge in [-0.1, -0.05) is 12.2 Å². The Labute approximate surface area is 80.3 Å². The molecule has 0 spiro atoms. The van der Waals surface area contributed by atoms with E-state index in [0.717, 1.165) is 5.57 Å². The van der Waals surface area contributed by atoms with Crippen LogP contribution in [-0.2, 0) is 6.54 Å². The van der Waals surface area contributed by atoms with Gasteiger partial charge in [-0.15, -0.1) is 10.2 Å². The Morgan fingerprint density at radius 1 is 1.57 bits per heavy atom. The molecule has 0 aliphatic carbocycles. The summed E-state index contributed by atoms with van der Waals surface area (Å²) in [7, 11) is 0. The van der Waals surface area contributed by atoms with Crippen molar-refractivity contribution in [2.24, 2.45) is 0 Å². The summed E-state index contributed by atoms with van der Waals surface area (Å²) >= 11 is 0. The van der Waals surface area contributed by atoms with Gasteiger partial charge < -0.3 is 4.57 Å². The topological polar surface area (TPSA) is 52.2 Å². The molecule has 2 rings (SSSR count). The average Bonchev–Trinajstić information content (AvgIpc) is 2.57. The third kappa shape index (κ3) is 1.32. The van der Waals surface area contributed by atoms with Crippen LogP contribution in [0, 0.1) is 0 Å². The lowest BCUT2D eigenvalue weighted by Crippen LogP contribution is -2.21. The molecule has 2 aromatic heterocycles. The minimum absolute atomic E-state index is 0.145. The summed E-state index contributed by atoms with van der Waals surface area (Å²) in [6.07, 6.45) is 4.95. The molecule has 0 aliphatic rings. The van der Waals surface area contributed by atoms with Gasteiger partial charge in [0.1, 0.15) is 6.33 Å². The maximum atomic E-state index is 11.7. The highest BCUT2D eigenvalue weighted by atomic mass is 16.1. The first-order valence-corrected chi connectivity index (χ1v) is 4.21. The van der Waals surface area contributed by atoms with Crippen LogP contribution in [0.5, 0.6) is 0 Å². The summed E-state index contributed by atoms with van der Waals surface area (Å²) in [5.74, 6) is 0. The van der Waals surface area contributed by atoms with Crippen LogP contribution in [0.4, 0.5) is 0 Å². The van der Waals surface area contributed by atoms with Gasteiger partial charge in [0.05, 0.1) is 0 Å².